The largest absolute Gasteiger partial charge is 0.271 e. The molecule has 0 bridgehead atoms. The number of hydrogen-bond donors (Lipinski definition) is 2. The maximum Gasteiger partial charge on any atom is 0.123 e. The van der Waals surface area contributed by atoms with Gasteiger partial charge in [-0.15, -0.1) is 0 Å². The summed E-state index contributed by atoms with van der Waals surface area (Å²) >= 11 is 3.42. The molecule has 0 radical (unpaired) electrons. The molecule has 2 rings (SSSR count). The van der Waals surface area contributed by atoms with Crippen LogP contribution in [-0.2, 0) is 0 Å². The van der Waals surface area contributed by atoms with E-state index in [4.69, 9.17) is 5.84 Å². The number of hydrazine groups is 1. The lowest BCUT2D eigenvalue weighted by Gasteiger charge is -2.19. The Morgan fingerprint density at radius 2 is 2.00 bits per heavy atom. The Kier molecular flexibility index (Phi) is 4.11. The minimum Gasteiger partial charge on any atom is -0.271 e. The van der Waals surface area contributed by atoms with Gasteiger partial charge in [-0.25, -0.2) is 9.82 Å². The van der Waals surface area contributed by atoms with Gasteiger partial charge in [0.2, 0.25) is 0 Å². The fourth-order valence-electron chi connectivity index (χ4n) is 1.97. The Morgan fingerprint density at radius 3 is 2.67 bits per heavy atom. The van der Waals surface area contributed by atoms with Gasteiger partial charge in [-0.2, -0.15) is 0 Å². The molecule has 2 aromatic carbocycles. The number of aryl methyl sites for hydroxylation is 1. The van der Waals surface area contributed by atoms with E-state index in [2.05, 4.69) is 21.4 Å². The van der Waals surface area contributed by atoms with Crippen molar-refractivity contribution < 1.29 is 4.39 Å². The number of halogens is 2. The summed E-state index contributed by atoms with van der Waals surface area (Å²) in [5.74, 6) is 5.36. The lowest BCUT2D eigenvalue weighted by atomic mass is 9.95. The Morgan fingerprint density at radius 1 is 1.22 bits per heavy atom. The molecule has 2 nitrogen and oxygen atoms in total. The zero-order valence-corrected chi connectivity index (χ0v) is 11.5. The fourth-order valence-corrected chi connectivity index (χ4v) is 2.39. The first-order valence-electron chi connectivity index (χ1n) is 5.59. The predicted octanol–water partition coefficient (Wildman–Crippen LogP) is 3.45. The van der Waals surface area contributed by atoms with Gasteiger partial charge in [-0.3, -0.25) is 5.84 Å². The first-order valence-corrected chi connectivity index (χ1v) is 6.39. The van der Waals surface area contributed by atoms with Crippen LogP contribution in [0.5, 0.6) is 0 Å². The zero-order valence-electron chi connectivity index (χ0n) is 9.95. The van der Waals surface area contributed by atoms with E-state index in [1.165, 1.54) is 12.1 Å². The third kappa shape index (κ3) is 2.77. The summed E-state index contributed by atoms with van der Waals surface area (Å²) < 4.78 is 14.3. The summed E-state index contributed by atoms with van der Waals surface area (Å²) in [7, 11) is 0. The molecule has 0 amide bonds. The van der Waals surface area contributed by atoms with Gasteiger partial charge in [0.05, 0.1) is 6.04 Å². The standard InChI is InChI=1S/C14H14BrFN2/c1-9-5-6-12(16)8-13(9)14(18-17)10-3-2-4-11(15)7-10/h2-8,14,18H,17H2,1H3. The molecule has 0 aliphatic carbocycles. The third-order valence-electron chi connectivity index (χ3n) is 2.90. The molecule has 0 spiro atoms. The molecule has 0 fully saturated rings. The molecule has 0 saturated carbocycles. The highest BCUT2D eigenvalue weighted by Crippen LogP contribution is 2.26. The van der Waals surface area contributed by atoms with E-state index in [9.17, 15) is 4.39 Å². The highest BCUT2D eigenvalue weighted by molar-refractivity contribution is 9.10. The molecular formula is C14H14BrFN2. The van der Waals surface area contributed by atoms with Gasteiger partial charge in [-0.1, -0.05) is 34.1 Å². The molecule has 3 N–H and O–H groups in total. The van der Waals surface area contributed by atoms with Crippen molar-refractivity contribution in [2.45, 2.75) is 13.0 Å². The highest BCUT2D eigenvalue weighted by Gasteiger charge is 2.15. The summed E-state index contributed by atoms with van der Waals surface area (Å²) in [6.07, 6.45) is 0. The smallest absolute Gasteiger partial charge is 0.123 e. The molecule has 18 heavy (non-hydrogen) atoms. The lowest BCUT2D eigenvalue weighted by Crippen LogP contribution is -2.29. The number of rotatable bonds is 3. The minimum absolute atomic E-state index is 0.224. The second-order valence-electron chi connectivity index (χ2n) is 4.16. The van der Waals surface area contributed by atoms with E-state index < -0.39 is 0 Å². The summed E-state index contributed by atoms with van der Waals surface area (Å²) in [6.45, 7) is 1.94. The Bertz CT molecular complexity index is 557. The van der Waals surface area contributed by atoms with Crippen LogP contribution in [0.3, 0.4) is 0 Å². The number of hydrogen-bond acceptors (Lipinski definition) is 2. The molecule has 4 heteroatoms. The Hall–Kier alpha value is -1.23. The van der Waals surface area contributed by atoms with E-state index in [0.717, 1.165) is 21.2 Å². The summed E-state index contributed by atoms with van der Waals surface area (Å²) in [5, 5.41) is 0. The van der Waals surface area contributed by atoms with E-state index in [1.807, 2.05) is 31.2 Å². The van der Waals surface area contributed by atoms with Crippen molar-refractivity contribution in [1.29, 1.82) is 0 Å². The normalized spacial score (nSPS) is 12.4. The molecule has 1 atom stereocenters. The van der Waals surface area contributed by atoms with Crippen molar-refractivity contribution in [3.8, 4) is 0 Å². The van der Waals surface area contributed by atoms with E-state index in [-0.39, 0.29) is 11.9 Å². The van der Waals surface area contributed by atoms with Crippen molar-refractivity contribution in [2.75, 3.05) is 0 Å². The van der Waals surface area contributed by atoms with Gasteiger partial charge >= 0.3 is 0 Å². The van der Waals surface area contributed by atoms with Crippen LogP contribution >= 0.6 is 15.9 Å². The lowest BCUT2D eigenvalue weighted by molar-refractivity contribution is 0.602. The van der Waals surface area contributed by atoms with Gasteiger partial charge in [-0.05, 0) is 47.9 Å². The van der Waals surface area contributed by atoms with Crippen LogP contribution in [0.25, 0.3) is 0 Å². The monoisotopic (exact) mass is 308 g/mol. The SMILES string of the molecule is Cc1ccc(F)cc1C(NN)c1cccc(Br)c1. The zero-order chi connectivity index (χ0) is 13.1. The number of nitrogens with one attached hydrogen (secondary N) is 1. The van der Waals surface area contributed by atoms with E-state index in [0.29, 0.717) is 0 Å². The average Bonchev–Trinajstić information content (AvgIpc) is 2.35. The molecular weight excluding hydrogens is 295 g/mol. The van der Waals surface area contributed by atoms with Gasteiger partial charge in [0, 0.05) is 4.47 Å². The fraction of sp³-hybridized carbons (Fsp3) is 0.143. The number of benzene rings is 2. The second-order valence-corrected chi connectivity index (χ2v) is 5.07. The highest BCUT2D eigenvalue weighted by atomic mass is 79.9. The van der Waals surface area contributed by atoms with Crippen LogP contribution in [0.4, 0.5) is 4.39 Å². The van der Waals surface area contributed by atoms with E-state index in [1.54, 1.807) is 6.07 Å². The first-order chi connectivity index (χ1) is 8.61. The van der Waals surface area contributed by atoms with Crippen LogP contribution in [0.1, 0.15) is 22.7 Å². The maximum atomic E-state index is 13.4. The van der Waals surface area contributed by atoms with Crippen molar-refractivity contribution in [1.82, 2.24) is 5.43 Å². The predicted molar refractivity (Wildman–Crippen MR) is 74.4 cm³/mol. The van der Waals surface area contributed by atoms with Crippen molar-refractivity contribution in [3.63, 3.8) is 0 Å². The van der Waals surface area contributed by atoms with Crippen LogP contribution in [0, 0.1) is 12.7 Å². The van der Waals surface area contributed by atoms with Crippen LogP contribution in [-0.4, -0.2) is 0 Å². The van der Waals surface area contributed by atoms with Crippen molar-refractivity contribution in [2.24, 2.45) is 5.84 Å². The first kappa shape index (κ1) is 13.2. The molecule has 1 unspecified atom stereocenters. The number of nitrogens with two attached hydrogens (primary N) is 1. The van der Waals surface area contributed by atoms with Crippen LogP contribution < -0.4 is 11.3 Å². The van der Waals surface area contributed by atoms with Crippen molar-refractivity contribution in [3.05, 3.63) is 69.4 Å². The van der Waals surface area contributed by atoms with Gasteiger partial charge in [0.1, 0.15) is 5.82 Å². The minimum atomic E-state index is -0.258. The quantitative estimate of drug-likeness (QED) is 0.673. The van der Waals surface area contributed by atoms with Gasteiger partial charge in [0.25, 0.3) is 0 Å². The summed E-state index contributed by atoms with van der Waals surface area (Å²) in [4.78, 5) is 0. The molecule has 0 aromatic heterocycles. The summed E-state index contributed by atoms with van der Waals surface area (Å²) in [6, 6.07) is 12.3. The van der Waals surface area contributed by atoms with Gasteiger partial charge in [0.15, 0.2) is 0 Å². The Labute approximate surface area is 114 Å². The van der Waals surface area contributed by atoms with E-state index >= 15 is 0 Å². The van der Waals surface area contributed by atoms with Crippen LogP contribution in [0.2, 0.25) is 0 Å². The second kappa shape index (κ2) is 5.61. The average molecular weight is 309 g/mol. The molecule has 94 valence electrons. The van der Waals surface area contributed by atoms with Gasteiger partial charge < -0.3 is 0 Å². The maximum absolute atomic E-state index is 13.4. The Balaban J connectivity index is 2.48. The molecule has 2 aromatic rings. The van der Waals surface area contributed by atoms with Crippen molar-refractivity contribution >= 4 is 15.9 Å². The molecule has 0 heterocycles. The molecule has 0 aliphatic rings. The summed E-state index contributed by atoms with van der Waals surface area (Å²) in [5.41, 5.74) is 5.57. The third-order valence-corrected chi connectivity index (χ3v) is 3.39. The van der Waals surface area contributed by atoms with Crippen LogP contribution in [0.15, 0.2) is 46.9 Å². The molecule has 0 aliphatic heterocycles. The topological polar surface area (TPSA) is 38.0 Å². The molecule has 0 saturated heterocycles.